The van der Waals surface area contributed by atoms with Gasteiger partial charge in [-0.05, 0) is 25.1 Å². The number of carbonyl (C=O) groups excluding carboxylic acids is 1. The third kappa shape index (κ3) is 5.23. The van der Waals surface area contributed by atoms with Gasteiger partial charge in [0.05, 0.1) is 12.2 Å². The Kier molecular flexibility index (Phi) is 6.88. The number of hydrogen-bond acceptors (Lipinski definition) is 4. The number of ether oxygens (including phenoxy) is 1. The number of hydrogen-bond donors (Lipinski definition) is 1. The molecule has 0 aromatic heterocycles. The standard InChI is InChI=1S/C14H28N2O3Si/c1-10(19-20(7,8)14(3,4)5)12(9-15)13(18-6)16-11(2)17/h10,12-13H,1-8H3,(H,16,17)/t10-,12-,13-/m1/s1. The van der Waals surface area contributed by atoms with Gasteiger partial charge in [-0.15, -0.1) is 0 Å². The second-order valence-electron chi connectivity index (χ2n) is 6.59. The van der Waals surface area contributed by atoms with Crippen LogP contribution in [0.25, 0.3) is 0 Å². The van der Waals surface area contributed by atoms with Crippen molar-refractivity contribution in [3.63, 3.8) is 0 Å². The summed E-state index contributed by atoms with van der Waals surface area (Å²) in [5.74, 6) is -0.769. The first-order valence-corrected chi connectivity index (χ1v) is 9.74. The van der Waals surface area contributed by atoms with E-state index in [0.29, 0.717) is 0 Å². The number of rotatable bonds is 6. The van der Waals surface area contributed by atoms with E-state index in [1.54, 1.807) is 0 Å². The van der Waals surface area contributed by atoms with Crippen molar-refractivity contribution in [3.8, 4) is 6.07 Å². The summed E-state index contributed by atoms with van der Waals surface area (Å²) >= 11 is 0. The van der Waals surface area contributed by atoms with Gasteiger partial charge in [0.25, 0.3) is 0 Å². The molecule has 0 aromatic carbocycles. The Morgan fingerprint density at radius 3 is 2.15 bits per heavy atom. The number of nitrogens with one attached hydrogen (secondary N) is 1. The maximum absolute atomic E-state index is 11.2. The quantitative estimate of drug-likeness (QED) is 0.604. The van der Waals surface area contributed by atoms with E-state index in [4.69, 9.17) is 9.16 Å². The van der Waals surface area contributed by atoms with Gasteiger partial charge in [-0.1, -0.05) is 20.8 Å². The molecule has 0 rings (SSSR count). The van der Waals surface area contributed by atoms with Crippen LogP contribution in [0.15, 0.2) is 0 Å². The Balaban J connectivity index is 5.00. The highest BCUT2D eigenvalue weighted by molar-refractivity contribution is 6.74. The molecule has 1 amide bonds. The molecule has 0 radical (unpaired) electrons. The molecule has 0 bridgehead atoms. The summed E-state index contributed by atoms with van der Waals surface area (Å²) in [4.78, 5) is 11.2. The maximum Gasteiger partial charge on any atom is 0.218 e. The van der Waals surface area contributed by atoms with E-state index >= 15 is 0 Å². The molecule has 5 nitrogen and oxygen atoms in total. The molecule has 0 aromatic rings. The van der Waals surface area contributed by atoms with E-state index in [2.05, 4.69) is 45.3 Å². The number of nitrogens with zero attached hydrogens (tertiary/aromatic N) is 1. The number of methoxy groups -OCH3 is 1. The predicted molar refractivity (Wildman–Crippen MR) is 81.5 cm³/mol. The van der Waals surface area contributed by atoms with Gasteiger partial charge < -0.3 is 14.5 Å². The van der Waals surface area contributed by atoms with Crippen LogP contribution in [0.3, 0.4) is 0 Å². The normalized spacial score (nSPS) is 16.9. The highest BCUT2D eigenvalue weighted by Crippen LogP contribution is 2.38. The van der Waals surface area contributed by atoms with E-state index in [9.17, 15) is 10.1 Å². The average Bonchev–Trinajstić information content (AvgIpc) is 2.25. The van der Waals surface area contributed by atoms with Gasteiger partial charge in [-0.2, -0.15) is 5.26 Å². The van der Waals surface area contributed by atoms with Crippen molar-refractivity contribution in [3.05, 3.63) is 0 Å². The molecule has 116 valence electrons. The molecule has 0 aliphatic carbocycles. The van der Waals surface area contributed by atoms with E-state index in [-0.39, 0.29) is 17.0 Å². The predicted octanol–water partition coefficient (Wildman–Crippen LogP) is 2.65. The Labute approximate surface area is 123 Å². The first-order valence-electron chi connectivity index (χ1n) is 6.83. The Bertz CT molecular complexity index is 372. The van der Waals surface area contributed by atoms with Gasteiger partial charge in [0.15, 0.2) is 8.32 Å². The second-order valence-corrected chi connectivity index (χ2v) is 11.4. The molecule has 20 heavy (non-hydrogen) atoms. The first kappa shape index (κ1) is 19.1. The Morgan fingerprint density at radius 2 is 1.85 bits per heavy atom. The molecule has 0 saturated carbocycles. The van der Waals surface area contributed by atoms with Crippen molar-refractivity contribution in [2.75, 3.05) is 7.11 Å². The summed E-state index contributed by atoms with van der Waals surface area (Å²) in [5.41, 5.74) is 0. The van der Waals surface area contributed by atoms with Gasteiger partial charge in [-0.3, -0.25) is 4.79 Å². The second kappa shape index (κ2) is 7.20. The van der Waals surface area contributed by atoms with Gasteiger partial charge in [0.1, 0.15) is 12.1 Å². The molecule has 0 spiro atoms. The lowest BCUT2D eigenvalue weighted by molar-refractivity contribution is -0.124. The highest BCUT2D eigenvalue weighted by atomic mass is 28.4. The number of carbonyl (C=O) groups is 1. The third-order valence-corrected chi connectivity index (χ3v) is 8.44. The number of nitriles is 1. The van der Waals surface area contributed by atoms with E-state index in [0.717, 1.165) is 0 Å². The third-order valence-electron chi connectivity index (χ3n) is 3.87. The van der Waals surface area contributed by atoms with Crippen molar-refractivity contribution >= 4 is 14.2 Å². The average molecular weight is 300 g/mol. The summed E-state index contributed by atoms with van der Waals surface area (Å²) in [6.07, 6.45) is -0.963. The molecule has 0 heterocycles. The summed E-state index contributed by atoms with van der Waals surface area (Å²) in [6, 6.07) is 2.19. The largest absolute Gasteiger partial charge is 0.413 e. The molecule has 0 aliphatic heterocycles. The lowest BCUT2D eigenvalue weighted by Gasteiger charge is -2.40. The van der Waals surface area contributed by atoms with Gasteiger partial charge in [0, 0.05) is 14.0 Å². The van der Waals surface area contributed by atoms with Crippen molar-refractivity contribution in [2.24, 2.45) is 5.92 Å². The minimum atomic E-state index is -1.96. The zero-order valence-electron chi connectivity index (χ0n) is 13.9. The zero-order chi connectivity index (χ0) is 16.1. The van der Waals surface area contributed by atoms with Crippen LogP contribution in [0, 0.1) is 17.2 Å². The van der Waals surface area contributed by atoms with E-state index in [1.165, 1.54) is 14.0 Å². The summed E-state index contributed by atoms with van der Waals surface area (Å²) in [7, 11) is -0.489. The zero-order valence-corrected chi connectivity index (χ0v) is 14.9. The number of amides is 1. The van der Waals surface area contributed by atoms with Crippen molar-refractivity contribution < 1.29 is 14.0 Å². The van der Waals surface area contributed by atoms with Crippen LogP contribution in [0.1, 0.15) is 34.6 Å². The van der Waals surface area contributed by atoms with Crippen LogP contribution in [0.2, 0.25) is 18.1 Å². The van der Waals surface area contributed by atoms with Crippen LogP contribution in [0.4, 0.5) is 0 Å². The van der Waals surface area contributed by atoms with Crippen molar-refractivity contribution in [1.82, 2.24) is 5.32 Å². The molecule has 0 aliphatic rings. The van der Waals surface area contributed by atoms with E-state index in [1.807, 2.05) is 6.92 Å². The molecule has 0 fully saturated rings. The molecule has 6 heteroatoms. The van der Waals surface area contributed by atoms with Crippen LogP contribution in [0.5, 0.6) is 0 Å². The lowest BCUT2D eigenvalue weighted by Crippen LogP contribution is -2.50. The molecule has 3 atom stereocenters. The Morgan fingerprint density at radius 1 is 1.35 bits per heavy atom. The fraction of sp³-hybridized carbons (Fsp3) is 0.857. The van der Waals surface area contributed by atoms with E-state index < -0.39 is 20.5 Å². The van der Waals surface area contributed by atoms with Gasteiger partial charge in [-0.25, -0.2) is 0 Å². The smallest absolute Gasteiger partial charge is 0.218 e. The summed E-state index contributed by atoms with van der Waals surface area (Å²) in [5, 5.41) is 12.1. The molecule has 1 N–H and O–H groups in total. The van der Waals surface area contributed by atoms with Crippen molar-refractivity contribution in [1.29, 1.82) is 5.26 Å². The fourth-order valence-corrected chi connectivity index (χ4v) is 3.06. The molecule has 0 unspecified atom stereocenters. The minimum absolute atomic E-state index is 0.0673. The van der Waals surface area contributed by atoms with Gasteiger partial charge in [0.2, 0.25) is 5.91 Å². The van der Waals surface area contributed by atoms with Crippen LogP contribution in [-0.2, 0) is 14.0 Å². The topological polar surface area (TPSA) is 71.3 Å². The lowest BCUT2D eigenvalue weighted by atomic mass is 10.0. The summed E-state index contributed by atoms with van der Waals surface area (Å²) in [6.45, 7) is 14.0. The summed E-state index contributed by atoms with van der Waals surface area (Å²) < 4.78 is 11.4. The highest BCUT2D eigenvalue weighted by Gasteiger charge is 2.41. The van der Waals surface area contributed by atoms with Crippen LogP contribution < -0.4 is 5.32 Å². The fourth-order valence-electron chi connectivity index (χ4n) is 1.63. The van der Waals surface area contributed by atoms with Crippen LogP contribution in [-0.4, -0.2) is 33.7 Å². The van der Waals surface area contributed by atoms with Crippen molar-refractivity contribution in [2.45, 2.75) is 65.1 Å². The molecule has 0 saturated heterocycles. The molecular formula is C14H28N2O3Si. The first-order chi connectivity index (χ1) is 8.96. The monoisotopic (exact) mass is 300 g/mol. The van der Waals surface area contributed by atoms with Gasteiger partial charge >= 0.3 is 0 Å². The Hall–Kier alpha value is -0.903. The minimum Gasteiger partial charge on any atom is -0.413 e. The SMILES string of the molecule is CO[C@@H](NC(C)=O)[C@H](C#N)[C@@H](C)O[Si](C)(C)C(C)(C)C. The maximum atomic E-state index is 11.2. The van der Waals surface area contributed by atoms with Crippen LogP contribution >= 0.6 is 0 Å². The molecular weight excluding hydrogens is 272 g/mol.